The molecule has 1 aliphatic heterocycles. The summed E-state index contributed by atoms with van der Waals surface area (Å²) < 4.78 is 6.98. The number of aliphatic imine (C=N–C) groups is 2. The maximum atomic E-state index is 10.0. The highest BCUT2D eigenvalue weighted by molar-refractivity contribution is 6.31. The van der Waals surface area contributed by atoms with Crippen LogP contribution in [0.25, 0.3) is 0 Å². The molecule has 1 aromatic carbocycles. The number of imidazole rings is 1. The number of phenolic OH excluding ortho intramolecular Hbond substituents is 1. The van der Waals surface area contributed by atoms with Gasteiger partial charge in [-0.2, -0.15) is 0 Å². The Morgan fingerprint density at radius 1 is 1.22 bits per heavy atom. The van der Waals surface area contributed by atoms with E-state index in [1.807, 2.05) is 30.9 Å². The fraction of sp³-hybridized carbons (Fsp3) is 0.348. The third kappa shape index (κ3) is 5.06. The molecule has 1 unspecified atom stereocenters. The number of rotatable bonds is 6. The molecule has 170 valence electrons. The third-order valence-corrected chi connectivity index (χ3v) is 4.92. The van der Waals surface area contributed by atoms with Crippen molar-refractivity contribution in [3.05, 3.63) is 60.0 Å². The predicted octanol–water partition coefficient (Wildman–Crippen LogP) is 2.49. The second-order valence-corrected chi connectivity index (χ2v) is 6.89. The number of aliphatic hydroxyl groups is 2. The fourth-order valence-electron chi connectivity index (χ4n) is 3.45. The molecule has 0 bridgehead atoms. The topological polar surface area (TPSA) is 116 Å². The summed E-state index contributed by atoms with van der Waals surface area (Å²) in [6.45, 7) is 4.14. The highest BCUT2D eigenvalue weighted by Gasteiger charge is 2.24. The van der Waals surface area contributed by atoms with E-state index in [0.29, 0.717) is 35.9 Å². The van der Waals surface area contributed by atoms with E-state index < -0.39 is 0 Å². The van der Waals surface area contributed by atoms with Gasteiger partial charge in [0.05, 0.1) is 44.0 Å². The SMILES string of the molecule is CC.COc1cc(O)cc(N(CCO)C2=CCC3N=CC(n4cnc(CO)c4)=NC3=C2)c1. The van der Waals surface area contributed by atoms with Crippen molar-refractivity contribution < 1.29 is 20.1 Å². The number of allylic oxidation sites excluding steroid dienone is 1. The number of aromatic hydroxyl groups is 1. The van der Waals surface area contributed by atoms with Crippen molar-refractivity contribution in [3.8, 4) is 11.5 Å². The van der Waals surface area contributed by atoms with E-state index in [4.69, 9.17) is 9.73 Å². The van der Waals surface area contributed by atoms with Gasteiger partial charge in [-0.1, -0.05) is 19.9 Å². The van der Waals surface area contributed by atoms with Crippen molar-refractivity contribution in [1.29, 1.82) is 0 Å². The molecule has 1 aromatic heterocycles. The minimum Gasteiger partial charge on any atom is -0.508 e. The first-order valence-electron chi connectivity index (χ1n) is 10.6. The number of hydrogen-bond acceptors (Lipinski definition) is 8. The van der Waals surface area contributed by atoms with Gasteiger partial charge in [0.25, 0.3) is 0 Å². The van der Waals surface area contributed by atoms with E-state index in [9.17, 15) is 15.3 Å². The standard InChI is InChI=1S/C21H23N5O4.C2H6/c1-30-18-7-16(6-17(29)9-18)26(4-5-27)15-2-3-19-20(8-15)24-21(10-22-19)25-11-14(12-28)23-13-25;1-2/h2,6-11,13,19,27-29H,3-5,12H2,1H3;1-2H3. The lowest BCUT2D eigenvalue weighted by atomic mass is 10.0. The number of hydrogen-bond donors (Lipinski definition) is 3. The lowest BCUT2D eigenvalue weighted by Crippen LogP contribution is -2.29. The number of phenols is 1. The van der Waals surface area contributed by atoms with Crippen LogP contribution in [0, 0.1) is 0 Å². The van der Waals surface area contributed by atoms with Crippen LogP contribution in [-0.4, -0.2) is 63.2 Å². The molecule has 0 spiro atoms. The van der Waals surface area contributed by atoms with Gasteiger partial charge in [-0.15, -0.1) is 0 Å². The normalized spacial score (nSPS) is 16.8. The summed E-state index contributed by atoms with van der Waals surface area (Å²) in [5.41, 5.74) is 2.90. The number of nitrogens with zero attached hydrogens (tertiary/aromatic N) is 5. The van der Waals surface area contributed by atoms with Crippen LogP contribution in [0.3, 0.4) is 0 Å². The molecule has 1 atom stereocenters. The number of benzene rings is 1. The minimum absolute atomic E-state index is 0.0619. The molecule has 3 N–H and O–H groups in total. The van der Waals surface area contributed by atoms with E-state index in [1.54, 1.807) is 35.4 Å². The molecular formula is C23H29N5O4. The monoisotopic (exact) mass is 439 g/mol. The first-order chi connectivity index (χ1) is 15.6. The molecule has 1 aliphatic carbocycles. The van der Waals surface area contributed by atoms with Crippen LogP contribution in [0.2, 0.25) is 0 Å². The molecule has 2 heterocycles. The van der Waals surface area contributed by atoms with Crippen molar-refractivity contribution in [2.24, 2.45) is 9.98 Å². The van der Waals surface area contributed by atoms with Crippen LogP contribution in [0.5, 0.6) is 11.5 Å². The summed E-state index contributed by atoms with van der Waals surface area (Å²) in [6.07, 6.45) is 9.64. The van der Waals surface area contributed by atoms with Gasteiger partial charge in [-0.25, -0.2) is 9.98 Å². The van der Waals surface area contributed by atoms with Crippen molar-refractivity contribution >= 4 is 17.7 Å². The zero-order valence-corrected chi connectivity index (χ0v) is 18.5. The summed E-state index contributed by atoms with van der Waals surface area (Å²) in [7, 11) is 1.54. The van der Waals surface area contributed by atoms with Gasteiger partial charge in [-0.05, 0) is 12.5 Å². The van der Waals surface area contributed by atoms with Crippen LogP contribution in [0.4, 0.5) is 5.69 Å². The number of aromatic nitrogens is 2. The molecule has 2 aromatic rings. The van der Waals surface area contributed by atoms with E-state index in [-0.39, 0.29) is 25.0 Å². The molecule has 0 saturated carbocycles. The van der Waals surface area contributed by atoms with Crippen LogP contribution in [-0.2, 0) is 6.61 Å². The molecular weight excluding hydrogens is 410 g/mol. The smallest absolute Gasteiger partial charge is 0.156 e. The number of ether oxygens (including phenoxy) is 1. The van der Waals surface area contributed by atoms with Crippen LogP contribution in [0.15, 0.2) is 64.3 Å². The Bertz CT molecular complexity index is 1050. The minimum atomic E-state index is -0.140. The molecule has 0 fully saturated rings. The third-order valence-electron chi connectivity index (χ3n) is 4.92. The average molecular weight is 440 g/mol. The molecule has 9 heteroatoms. The second kappa shape index (κ2) is 10.7. The predicted molar refractivity (Wildman–Crippen MR) is 124 cm³/mol. The fourth-order valence-corrected chi connectivity index (χ4v) is 3.45. The second-order valence-electron chi connectivity index (χ2n) is 6.89. The summed E-state index contributed by atoms with van der Waals surface area (Å²) in [4.78, 5) is 15.3. The number of aliphatic hydroxyl groups excluding tert-OH is 2. The Hall–Kier alpha value is -3.43. The molecule has 9 nitrogen and oxygen atoms in total. The Morgan fingerprint density at radius 2 is 2.03 bits per heavy atom. The number of anilines is 1. The molecule has 0 amide bonds. The maximum Gasteiger partial charge on any atom is 0.156 e. The highest BCUT2D eigenvalue weighted by atomic mass is 16.5. The van der Waals surface area contributed by atoms with Crippen molar-refractivity contribution in [2.45, 2.75) is 32.9 Å². The van der Waals surface area contributed by atoms with E-state index in [1.165, 1.54) is 13.2 Å². The molecule has 0 radical (unpaired) electrons. The number of methoxy groups -OCH3 is 1. The summed E-state index contributed by atoms with van der Waals surface area (Å²) in [6, 6.07) is 4.88. The van der Waals surface area contributed by atoms with Gasteiger partial charge in [0.15, 0.2) is 5.84 Å². The molecule has 4 rings (SSSR count). The van der Waals surface area contributed by atoms with Crippen molar-refractivity contribution in [1.82, 2.24) is 9.55 Å². The Balaban J connectivity index is 0.00000141. The summed E-state index contributed by atoms with van der Waals surface area (Å²) in [5.74, 6) is 1.22. The maximum absolute atomic E-state index is 10.0. The quantitative estimate of drug-likeness (QED) is 0.637. The first kappa shape index (κ1) is 23.2. The van der Waals surface area contributed by atoms with E-state index >= 15 is 0 Å². The first-order valence-corrected chi connectivity index (χ1v) is 10.6. The zero-order chi connectivity index (χ0) is 23.1. The summed E-state index contributed by atoms with van der Waals surface area (Å²) >= 11 is 0. The summed E-state index contributed by atoms with van der Waals surface area (Å²) in [5, 5.41) is 28.9. The molecule has 32 heavy (non-hydrogen) atoms. The van der Waals surface area contributed by atoms with Crippen LogP contribution < -0.4 is 9.64 Å². The lowest BCUT2D eigenvalue weighted by molar-refractivity contribution is 0.277. The van der Waals surface area contributed by atoms with Crippen LogP contribution in [0.1, 0.15) is 26.0 Å². The lowest BCUT2D eigenvalue weighted by Gasteiger charge is -2.30. The van der Waals surface area contributed by atoms with Gasteiger partial charge in [0.1, 0.15) is 17.8 Å². The Labute approximate surface area is 187 Å². The van der Waals surface area contributed by atoms with Crippen LogP contribution >= 0.6 is 0 Å². The van der Waals surface area contributed by atoms with Gasteiger partial charge >= 0.3 is 0 Å². The molecule has 0 saturated heterocycles. The highest BCUT2D eigenvalue weighted by Crippen LogP contribution is 2.33. The zero-order valence-electron chi connectivity index (χ0n) is 18.5. The molecule has 2 aliphatic rings. The Kier molecular flexibility index (Phi) is 7.80. The van der Waals surface area contributed by atoms with Gasteiger partial charge < -0.3 is 25.0 Å². The van der Waals surface area contributed by atoms with Crippen molar-refractivity contribution in [3.63, 3.8) is 0 Å². The average Bonchev–Trinajstić information content (AvgIpc) is 3.32. The number of fused-ring (bicyclic) bond motifs is 1. The largest absolute Gasteiger partial charge is 0.508 e. The van der Waals surface area contributed by atoms with Gasteiger partial charge in [0.2, 0.25) is 0 Å². The van der Waals surface area contributed by atoms with Crippen molar-refractivity contribution in [2.75, 3.05) is 25.2 Å². The van der Waals surface area contributed by atoms with E-state index in [0.717, 1.165) is 11.4 Å². The van der Waals surface area contributed by atoms with Gasteiger partial charge in [0, 0.05) is 42.3 Å². The Morgan fingerprint density at radius 3 is 2.72 bits per heavy atom. The van der Waals surface area contributed by atoms with Gasteiger partial charge in [-0.3, -0.25) is 9.56 Å². The van der Waals surface area contributed by atoms with E-state index in [2.05, 4.69) is 9.98 Å².